The highest BCUT2D eigenvalue weighted by atomic mass is 16.5. The number of amides is 13. The van der Waals surface area contributed by atoms with Crippen LogP contribution in [0.5, 0.6) is 0 Å². The number of guanidine groups is 1. The summed E-state index contributed by atoms with van der Waals surface area (Å²) in [7, 11) is 0. The van der Waals surface area contributed by atoms with E-state index in [4.69, 9.17) is 31.8 Å². The first-order chi connectivity index (χ1) is 70.6. The van der Waals surface area contributed by atoms with E-state index in [1.54, 1.807) is 55.6 Å². The number of Topliss-reactive ketones (excluding diaryl/α,β-unsaturated/α-hetero) is 3. The van der Waals surface area contributed by atoms with E-state index in [1.165, 1.54) is 45.2 Å². The normalized spacial score (nSPS) is 19.1. The van der Waals surface area contributed by atoms with Crippen molar-refractivity contribution in [2.45, 2.75) is 324 Å². The molecule has 2 aromatic heterocycles. The van der Waals surface area contributed by atoms with Crippen molar-refractivity contribution in [1.29, 1.82) is 10.8 Å². The van der Waals surface area contributed by atoms with Gasteiger partial charge in [-0.2, -0.15) is 0 Å². The number of carbonyl (C=O) groups is 17. The molecule has 7 rings (SSSR count). The summed E-state index contributed by atoms with van der Waals surface area (Å²) in [6.45, 7) is 1.65. The number of rotatable bonds is 62. The molecule has 5 heterocycles. The minimum Gasteiger partial charge on any atom is -0.497 e. The molecule has 2 fully saturated rings. The van der Waals surface area contributed by atoms with E-state index in [9.17, 15) is 82.8 Å². The van der Waals surface area contributed by atoms with Crippen LogP contribution in [0.15, 0.2) is 77.6 Å². The second-order valence-corrected chi connectivity index (χ2v) is 37.8. The van der Waals surface area contributed by atoms with Gasteiger partial charge < -0.3 is 120 Å². The highest BCUT2D eigenvalue weighted by Gasteiger charge is 2.45. The summed E-state index contributed by atoms with van der Waals surface area (Å²) in [6.07, 6.45) is 16.4. The molecular formula is C100H152N24O23. The lowest BCUT2D eigenvalue weighted by molar-refractivity contribution is -0.143. The van der Waals surface area contributed by atoms with Gasteiger partial charge in [0.05, 0.1) is 45.1 Å². The number of nitrogens with one attached hydrogen (secondary N) is 17. The Morgan fingerprint density at radius 2 is 1.26 bits per heavy atom. The van der Waals surface area contributed by atoms with E-state index in [1.807, 2.05) is 18.2 Å². The fourth-order valence-corrected chi connectivity index (χ4v) is 17.4. The van der Waals surface area contributed by atoms with Gasteiger partial charge in [-0.25, -0.2) is 5.10 Å². The van der Waals surface area contributed by atoms with Gasteiger partial charge in [0.25, 0.3) is 0 Å². The number of ether oxygens (including phenoxy) is 2. The summed E-state index contributed by atoms with van der Waals surface area (Å²) in [5.41, 5.74) is 14.0. The Kier molecular flexibility index (Phi) is 54.7. The molecule has 25 N–H and O–H groups in total. The Balaban J connectivity index is 0.936. The number of para-hydroxylation sites is 1. The van der Waals surface area contributed by atoms with E-state index >= 15 is 19.2 Å². The van der Waals surface area contributed by atoms with Crippen LogP contribution in [0.1, 0.15) is 250 Å². The van der Waals surface area contributed by atoms with Gasteiger partial charge in [0, 0.05) is 138 Å². The number of aliphatic hydroxyl groups is 3. The molecule has 0 spiro atoms. The monoisotopic (exact) mass is 2060 g/mol. The van der Waals surface area contributed by atoms with Crippen LogP contribution in [0.4, 0.5) is 0 Å². The fraction of sp³-hybridized carbons (Fsp3) is 0.630. The number of hydrogen-bond acceptors (Lipinski definition) is 28. The third kappa shape index (κ3) is 45.6. The van der Waals surface area contributed by atoms with Gasteiger partial charge in [0.1, 0.15) is 84.4 Å². The van der Waals surface area contributed by atoms with Crippen molar-refractivity contribution in [1.82, 2.24) is 99.6 Å². The molecule has 147 heavy (non-hydrogen) atoms. The van der Waals surface area contributed by atoms with Crippen LogP contribution in [0.2, 0.25) is 0 Å². The largest absolute Gasteiger partial charge is 0.497 e. The number of H-pyrrole nitrogens is 2. The molecule has 4 aromatic rings. The van der Waals surface area contributed by atoms with Crippen LogP contribution in [0.3, 0.4) is 0 Å². The maximum atomic E-state index is 15.4. The number of aromatic amines is 2. The summed E-state index contributed by atoms with van der Waals surface area (Å²) in [6, 6.07) is -1.23. The van der Waals surface area contributed by atoms with Gasteiger partial charge in [-0.3, -0.25) is 97.3 Å². The number of hydrogen-bond donors (Lipinski definition) is 23. The van der Waals surface area contributed by atoms with E-state index in [-0.39, 0.29) is 159 Å². The number of nitrogens with two attached hydrogens (primary N) is 2. The standard InChI is InChI=1S/C100H152N24O23/c1-4-5-34-74(90(136)115-77-41-40-68(127)31-18-14-19-35-72(63(3)126)111-94(140)79(53-66-57-108-73-36-22-21-33-71(66)73)116-91(137)75(37-25-46-107-100(103)104)112-93(139)78(51-64-28-16-13-17-29-64)118-98(144)83-55-70(129)59-124(83)99(77)145)113-96(142)81(56-101)119-95(141)80(54-67-30-24-45-105-67)117-92(138)76(42-43-84(102)130)114-97(143)82(60-125)110-86(131)58-109-87(132)61-147-50-49-146-48-47-106-89(135)65(39-44-88(133)134)52-69(128)32-23-27-62(2)26-15-11-9-7-6-8-10-12-20-38-85-120-122-123-121-85/h13,16-17,21-22,28-30,33,36,45,57,62,65,70,72,74-83,108,125,129H,4-12,14-15,18-20,23-27,31-32,34-35,37-44,46-56,58-61,101H2,1-3H3,(H2,102,130)(H,106,135)(H,109,132)(H,110,131)(H,111,140)(H,112,139)(H,113,142)(H,114,143)(H,115,136)(H,116,137)(H,117,138)(H,118,144)(H,119,141)(H,133,134)(H4,103,104,107)(H,120,121,122,123)/t62?,65-,70+,72-,74-,75-,76+,77-,78+,79-,80-,81-,82-,83-/m0/s1. The minimum absolute atomic E-state index is 0.00271. The molecular weight excluding hydrogens is 1910 g/mol. The first-order valence-electron chi connectivity index (χ1n) is 51.3. The second kappa shape index (κ2) is 66.7. The Labute approximate surface area is 855 Å². The van der Waals surface area contributed by atoms with Crippen molar-refractivity contribution in [2.75, 3.05) is 65.8 Å². The molecule has 810 valence electrons. The maximum absolute atomic E-state index is 15.4. The number of allylic oxidation sites excluding steroid dienone is 1. The maximum Gasteiger partial charge on any atom is 0.303 e. The number of tetrazole rings is 1. The molecule has 47 nitrogen and oxygen atoms in total. The Morgan fingerprint density at radius 3 is 1.95 bits per heavy atom. The van der Waals surface area contributed by atoms with E-state index in [0.717, 1.165) is 66.6 Å². The number of carbonyl (C=O) groups excluding carboxylic acids is 16. The first-order valence-corrected chi connectivity index (χ1v) is 51.3. The smallest absolute Gasteiger partial charge is 0.303 e. The number of carboxylic acids is 1. The minimum atomic E-state index is -1.79. The van der Waals surface area contributed by atoms with Crippen molar-refractivity contribution in [3.63, 3.8) is 0 Å². The molecule has 0 bridgehead atoms. The fourth-order valence-electron chi connectivity index (χ4n) is 17.4. The van der Waals surface area contributed by atoms with Crippen molar-refractivity contribution < 1.29 is 111 Å². The van der Waals surface area contributed by atoms with Crippen LogP contribution < -0.4 is 80.6 Å². The number of benzene rings is 2. The summed E-state index contributed by atoms with van der Waals surface area (Å²) in [4.78, 5) is 247. The predicted molar refractivity (Wildman–Crippen MR) is 541 cm³/mol. The molecule has 2 aromatic carbocycles. The summed E-state index contributed by atoms with van der Waals surface area (Å²) in [5, 5.41) is 105. The van der Waals surface area contributed by atoms with Gasteiger partial charge in [0.15, 0.2) is 17.6 Å². The number of aromatic nitrogens is 5. The van der Waals surface area contributed by atoms with Gasteiger partial charge in [-0.05, 0) is 105 Å². The molecule has 3 aliphatic heterocycles. The average molecular weight is 2060 g/mol. The lowest BCUT2D eigenvalue weighted by atomic mass is 9.92. The highest BCUT2D eigenvalue weighted by Crippen LogP contribution is 2.27. The van der Waals surface area contributed by atoms with Gasteiger partial charge >= 0.3 is 5.97 Å². The predicted octanol–water partition coefficient (Wildman–Crippen LogP) is 1.30. The number of unbranched alkanes of at least 4 members (excludes halogenated alkanes) is 9. The first kappa shape index (κ1) is 121. The number of nitrogens with zero attached hydrogens (tertiary/aromatic N) is 5. The van der Waals surface area contributed by atoms with Crippen molar-refractivity contribution >= 4 is 129 Å². The summed E-state index contributed by atoms with van der Waals surface area (Å²) >= 11 is 0. The summed E-state index contributed by atoms with van der Waals surface area (Å²) in [5.74, 6) is -14.9. The third-order valence-electron chi connectivity index (χ3n) is 25.8. The molecule has 0 aliphatic carbocycles. The van der Waals surface area contributed by atoms with Gasteiger partial charge in [-0.15, -0.1) is 5.10 Å². The molecule has 47 heteroatoms. The topological polar surface area (TPSA) is 732 Å². The Bertz CT molecular complexity index is 5020. The van der Waals surface area contributed by atoms with Crippen LogP contribution in [0, 0.1) is 22.7 Å². The second-order valence-electron chi connectivity index (χ2n) is 37.8. The van der Waals surface area contributed by atoms with Crippen molar-refractivity contribution in [2.24, 2.45) is 28.3 Å². The zero-order valence-corrected chi connectivity index (χ0v) is 84.5. The van der Waals surface area contributed by atoms with Crippen molar-refractivity contribution in [3.8, 4) is 0 Å². The Morgan fingerprint density at radius 1 is 0.612 bits per heavy atom. The number of ketones is 3. The SMILES string of the molecule is CCCC[C@H](NC(=O)[C@H](CN)NC(=O)[C@H](CC1=CCC=N1)NC(=O)[C@@H](CCC(=N)O)NC(=O)[C@H](CO)NC(=O)CNC(=O)COCCOCCNC(=O)[C@@H](CCC(=O)O)CC(=O)CCCC(C)CCCCCCCCCCCc1nnn[nH]1)C(=O)N[C@H]1CCC(=O)CCCCC[C@@H](C(C)=O)NC(=O)[C@H](Cc2c[nH]c3ccccc23)NC(=O)[C@H](CCCNC(=N)N)NC(=O)[C@@H](Cc2ccccc2)NC(=O)[C@@H]2C[C@@H](O)CN2C1=O. The Hall–Kier alpha value is -13.4. The zero-order valence-electron chi connectivity index (χ0n) is 84.5. The molecule has 3 aliphatic rings. The number of aryl methyl sites for hydroxylation is 1. The zero-order chi connectivity index (χ0) is 107. The molecule has 0 saturated carbocycles. The van der Waals surface area contributed by atoms with E-state index < -0.39 is 225 Å². The average Bonchev–Trinajstić information content (AvgIpc) is 1.68. The van der Waals surface area contributed by atoms with E-state index in [0.29, 0.717) is 49.1 Å². The number of aliphatic hydroxyl groups excluding tert-OH is 3. The van der Waals surface area contributed by atoms with Crippen LogP contribution in [-0.4, -0.2) is 307 Å². The number of aliphatic imine (C=N–C) groups is 1. The lowest BCUT2D eigenvalue weighted by Crippen LogP contribution is -2.61. The van der Waals surface area contributed by atoms with Crippen LogP contribution in [0.25, 0.3) is 10.9 Å². The van der Waals surface area contributed by atoms with Gasteiger partial charge in [-0.1, -0.05) is 158 Å². The molecule has 2 saturated heterocycles. The van der Waals surface area contributed by atoms with E-state index in [2.05, 4.69) is 107 Å². The lowest BCUT2D eigenvalue weighted by Gasteiger charge is -2.31. The van der Waals surface area contributed by atoms with Crippen LogP contribution >= 0.6 is 0 Å². The van der Waals surface area contributed by atoms with Crippen LogP contribution in [-0.2, 0) is 110 Å². The number of carboxylic acid groups (broad SMARTS) is 1. The number of fused-ring (bicyclic) bond motifs is 2. The van der Waals surface area contributed by atoms with Gasteiger partial charge in [0.2, 0.25) is 76.8 Å². The third-order valence-corrected chi connectivity index (χ3v) is 25.8. The quantitative estimate of drug-likeness (QED) is 0.0168. The highest BCUT2D eigenvalue weighted by molar-refractivity contribution is 6.01. The molecule has 0 radical (unpaired) electrons. The molecule has 1 unspecified atom stereocenters. The summed E-state index contributed by atoms with van der Waals surface area (Å²) < 4.78 is 10.9. The molecule has 13 amide bonds. The number of aliphatic carboxylic acids is 1. The molecule has 14 atom stereocenters. The van der Waals surface area contributed by atoms with Crippen molar-refractivity contribution in [3.05, 3.63) is 89.5 Å².